The van der Waals surface area contributed by atoms with Crippen LogP contribution in [0.4, 0.5) is 10.6 Å². The molecule has 3 aromatic rings. The molecule has 0 aliphatic carbocycles. The van der Waals surface area contributed by atoms with Crippen molar-refractivity contribution in [3.8, 4) is 22.4 Å². The quantitative estimate of drug-likeness (QED) is 0.726. The Bertz CT molecular complexity index is 927. The number of rotatable bonds is 4. The predicted octanol–water partition coefficient (Wildman–Crippen LogP) is 4.94. The van der Waals surface area contributed by atoms with Crippen LogP contribution in [-0.2, 0) is 11.8 Å². The summed E-state index contributed by atoms with van der Waals surface area (Å²) in [6.45, 7) is 6.34. The summed E-state index contributed by atoms with van der Waals surface area (Å²) in [7, 11) is 1.79. The minimum absolute atomic E-state index is 0.330. The zero-order valence-corrected chi connectivity index (χ0v) is 15.5. The Morgan fingerprint density at radius 1 is 1.00 bits per heavy atom. The van der Waals surface area contributed by atoms with Gasteiger partial charge in [-0.05, 0) is 43.0 Å². The number of carbonyl (C=O) groups is 1. The number of anilines is 1. The van der Waals surface area contributed by atoms with E-state index in [1.54, 1.807) is 18.7 Å². The number of ether oxygens (including phenoxy) is 1. The second-order valence-electron chi connectivity index (χ2n) is 6.26. The van der Waals surface area contributed by atoms with Gasteiger partial charge in [0.05, 0.1) is 12.3 Å². The zero-order valence-electron chi connectivity index (χ0n) is 15.5. The molecular formula is C21H23N3O2. The summed E-state index contributed by atoms with van der Waals surface area (Å²) in [5.41, 5.74) is 6.73. The lowest BCUT2D eigenvalue weighted by atomic mass is 9.99. The van der Waals surface area contributed by atoms with Crippen molar-refractivity contribution >= 4 is 11.9 Å². The van der Waals surface area contributed by atoms with Gasteiger partial charge in [-0.1, -0.05) is 42.5 Å². The molecule has 0 saturated carbocycles. The highest BCUT2D eigenvalue weighted by molar-refractivity contribution is 5.84. The Labute approximate surface area is 153 Å². The maximum atomic E-state index is 11.6. The third kappa shape index (κ3) is 3.77. The first-order chi connectivity index (χ1) is 12.5. The van der Waals surface area contributed by atoms with Crippen molar-refractivity contribution in [2.24, 2.45) is 7.05 Å². The molecule has 0 atom stereocenters. The third-order valence-electron chi connectivity index (χ3n) is 4.41. The Morgan fingerprint density at radius 2 is 1.65 bits per heavy atom. The average molecular weight is 349 g/mol. The van der Waals surface area contributed by atoms with Crippen LogP contribution in [0.1, 0.15) is 18.1 Å². The normalized spacial score (nSPS) is 10.6. The summed E-state index contributed by atoms with van der Waals surface area (Å²) in [5, 5.41) is 7.16. The van der Waals surface area contributed by atoms with Gasteiger partial charge >= 0.3 is 6.09 Å². The molecule has 1 heterocycles. The molecule has 5 nitrogen and oxygen atoms in total. The highest BCUT2D eigenvalue weighted by Gasteiger charge is 2.11. The van der Waals surface area contributed by atoms with Crippen LogP contribution in [0.3, 0.4) is 0 Å². The molecule has 0 bridgehead atoms. The molecule has 0 fully saturated rings. The first-order valence-corrected chi connectivity index (χ1v) is 8.64. The molecule has 1 aromatic heterocycles. The molecule has 0 aliphatic rings. The van der Waals surface area contributed by atoms with Crippen LogP contribution in [0.5, 0.6) is 0 Å². The Balaban J connectivity index is 1.82. The Morgan fingerprint density at radius 3 is 2.31 bits per heavy atom. The van der Waals surface area contributed by atoms with Crippen LogP contribution in [0.25, 0.3) is 22.4 Å². The summed E-state index contributed by atoms with van der Waals surface area (Å²) < 4.78 is 6.54. The van der Waals surface area contributed by atoms with Gasteiger partial charge in [-0.25, -0.2) is 4.79 Å². The molecule has 0 unspecified atom stereocenters. The molecule has 0 aliphatic heterocycles. The molecule has 0 spiro atoms. The zero-order chi connectivity index (χ0) is 18.7. The number of nitrogens with zero attached hydrogens (tertiary/aromatic N) is 2. The van der Waals surface area contributed by atoms with Crippen molar-refractivity contribution in [1.82, 2.24) is 9.78 Å². The van der Waals surface area contributed by atoms with Crippen molar-refractivity contribution in [3.05, 3.63) is 59.7 Å². The van der Waals surface area contributed by atoms with E-state index >= 15 is 0 Å². The topological polar surface area (TPSA) is 56.1 Å². The fourth-order valence-electron chi connectivity index (χ4n) is 2.75. The molecule has 1 N–H and O–H groups in total. The molecule has 1 amide bonds. The van der Waals surface area contributed by atoms with Crippen LogP contribution >= 0.6 is 0 Å². The largest absolute Gasteiger partial charge is 0.450 e. The summed E-state index contributed by atoms with van der Waals surface area (Å²) in [4.78, 5) is 11.6. The smallest absolute Gasteiger partial charge is 0.412 e. The van der Waals surface area contributed by atoms with Gasteiger partial charge < -0.3 is 4.74 Å². The van der Waals surface area contributed by atoms with E-state index in [2.05, 4.69) is 54.6 Å². The van der Waals surface area contributed by atoms with Gasteiger partial charge in [-0.15, -0.1) is 0 Å². The monoisotopic (exact) mass is 349 g/mol. The fourth-order valence-corrected chi connectivity index (χ4v) is 2.75. The van der Waals surface area contributed by atoms with Crippen LogP contribution < -0.4 is 5.32 Å². The second kappa shape index (κ2) is 7.44. The molecule has 134 valence electrons. The van der Waals surface area contributed by atoms with E-state index in [1.807, 2.05) is 18.2 Å². The van der Waals surface area contributed by atoms with E-state index < -0.39 is 6.09 Å². The van der Waals surface area contributed by atoms with E-state index in [0.29, 0.717) is 12.4 Å². The lowest BCUT2D eigenvalue weighted by Gasteiger charge is -2.06. The third-order valence-corrected chi connectivity index (χ3v) is 4.41. The van der Waals surface area contributed by atoms with Crippen LogP contribution in [0, 0.1) is 13.8 Å². The second-order valence-corrected chi connectivity index (χ2v) is 6.26. The van der Waals surface area contributed by atoms with E-state index in [4.69, 9.17) is 4.74 Å². The maximum Gasteiger partial charge on any atom is 0.412 e. The van der Waals surface area contributed by atoms with Gasteiger partial charge in [0.25, 0.3) is 0 Å². The summed E-state index contributed by atoms with van der Waals surface area (Å²) >= 11 is 0. The van der Waals surface area contributed by atoms with Crippen molar-refractivity contribution < 1.29 is 9.53 Å². The van der Waals surface area contributed by atoms with Crippen LogP contribution in [-0.4, -0.2) is 22.5 Å². The Kier molecular flexibility index (Phi) is 5.07. The number of hydrogen-bond acceptors (Lipinski definition) is 3. The lowest BCUT2D eigenvalue weighted by molar-refractivity contribution is 0.167. The first kappa shape index (κ1) is 17.7. The maximum absolute atomic E-state index is 11.6. The number of benzene rings is 2. The standard InChI is InChI=1S/C21H23N3O2/c1-5-26-21(25)22-20-13-19(23-24(20)4)17-10-8-16(9-11-17)18-7-6-14(2)15(3)12-18/h6-13H,5H2,1-4H3,(H,22,25). The van der Waals surface area contributed by atoms with E-state index in [9.17, 15) is 4.79 Å². The number of aryl methyl sites for hydroxylation is 3. The Hall–Kier alpha value is -3.08. The minimum atomic E-state index is -0.480. The van der Waals surface area contributed by atoms with Crippen molar-refractivity contribution in [3.63, 3.8) is 0 Å². The molecule has 0 saturated heterocycles. The number of hydrogen-bond donors (Lipinski definition) is 1. The lowest BCUT2D eigenvalue weighted by Crippen LogP contribution is -2.15. The van der Waals surface area contributed by atoms with Gasteiger partial charge in [0, 0.05) is 18.7 Å². The molecule has 5 heteroatoms. The molecular weight excluding hydrogens is 326 g/mol. The first-order valence-electron chi connectivity index (χ1n) is 8.64. The molecule has 26 heavy (non-hydrogen) atoms. The number of aromatic nitrogens is 2. The highest BCUT2D eigenvalue weighted by Crippen LogP contribution is 2.27. The molecule has 0 radical (unpaired) electrons. The summed E-state index contributed by atoms with van der Waals surface area (Å²) in [5.74, 6) is 0.594. The van der Waals surface area contributed by atoms with Crippen LogP contribution in [0.15, 0.2) is 48.5 Å². The predicted molar refractivity (Wildman–Crippen MR) is 104 cm³/mol. The summed E-state index contributed by atoms with van der Waals surface area (Å²) in [6, 6.07) is 16.6. The van der Waals surface area contributed by atoms with Gasteiger partial charge in [0.1, 0.15) is 5.82 Å². The fraction of sp³-hybridized carbons (Fsp3) is 0.238. The summed E-state index contributed by atoms with van der Waals surface area (Å²) in [6.07, 6.45) is -0.480. The van der Waals surface area contributed by atoms with E-state index in [-0.39, 0.29) is 0 Å². The van der Waals surface area contributed by atoms with Crippen molar-refractivity contribution in [1.29, 1.82) is 0 Å². The number of amides is 1. The van der Waals surface area contributed by atoms with Crippen molar-refractivity contribution in [2.45, 2.75) is 20.8 Å². The molecule has 2 aromatic carbocycles. The van der Waals surface area contributed by atoms with Crippen molar-refractivity contribution in [2.75, 3.05) is 11.9 Å². The van der Waals surface area contributed by atoms with Gasteiger partial charge in [0.2, 0.25) is 0 Å². The van der Waals surface area contributed by atoms with Gasteiger partial charge in [0.15, 0.2) is 0 Å². The highest BCUT2D eigenvalue weighted by atomic mass is 16.5. The van der Waals surface area contributed by atoms with Gasteiger partial charge in [-0.3, -0.25) is 10.00 Å². The number of nitrogens with one attached hydrogen (secondary N) is 1. The SMILES string of the molecule is CCOC(=O)Nc1cc(-c2ccc(-c3ccc(C)c(C)c3)cc2)nn1C. The van der Waals surface area contributed by atoms with E-state index in [0.717, 1.165) is 16.8 Å². The minimum Gasteiger partial charge on any atom is -0.450 e. The van der Waals surface area contributed by atoms with Gasteiger partial charge in [-0.2, -0.15) is 5.10 Å². The van der Waals surface area contributed by atoms with Crippen LogP contribution in [0.2, 0.25) is 0 Å². The average Bonchev–Trinajstić information content (AvgIpc) is 2.98. The number of carbonyl (C=O) groups excluding carboxylic acids is 1. The molecule has 3 rings (SSSR count). The van der Waals surface area contributed by atoms with E-state index in [1.165, 1.54) is 16.7 Å².